The fourth-order valence-electron chi connectivity index (χ4n) is 1.51. The van der Waals surface area contributed by atoms with Gasteiger partial charge < -0.3 is 0 Å². The van der Waals surface area contributed by atoms with Crippen LogP contribution < -0.4 is 0 Å². The summed E-state index contributed by atoms with van der Waals surface area (Å²) in [6.45, 7) is 3.80. The van der Waals surface area contributed by atoms with Crippen molar-refractivity contribution in [3.05, 3.63) is 16.5 Å². The Kier molecular flexibility index (Phi) is 2.95. The van der Waals surface area contributed by atoms with Gasteiger partial charge in [-0.05, 0) is 48.9 Å². The minimum absolute atomic E-state index is 0.397. The summed E-state index contributed by atoms with van der Waals surface area (Å²) in [5, 5.41) is 13.5. The summed E-state index contributed by atoms with van der Waals surface area (Å²) in [4.78, 5) is 8.68. The van der Waals surface area contributed by atoms with Crippen molar-refractivity contribution in [2.45, 2.75) is 42.9 Å². The molecule has 0 atom stereocenters. The van der Waals surface area contributed by atoms with E-state index < -0.39 is 0 Å². The monoisotopic (exact) mass is 282 g/mol. The van der Waals surface area contributed by atoms with E-state index in [2.05, 4.69) is 25.5 Å². The third kappa shape index (κ3) is 2.20. The van der Waals surface area contributed by atoms with E-state index in [0.717, 1.165) is 29.4 Å². The smallest absolute Gasteiger partial charge is 0.215 e. The van der Waals surface area contributed by atoms with E-state index in [4.69, 9.17) is 11.6 Å². The molecular weight excluding hydrogens is 272 g/mol. The van der Waals surface area contributed by atoms with Gasteiger partial charge in [0.2, 0.25) is 5.16 Å². The lowest BCUT2D eigenvalue weighted by atomic mass is 10.4. The Bertz CT molecular complexity index is 594. The van der Waals surface area contributed by atoms with Gasteiger partial charge >= 0.3 is 0 Å². The van der Waals surface area contributed by atoms with Crippen LogP contribution in [0.1, 0.15) is 30.3 Å². The zero-order valence-corrected chi connectivity index (χ0v) is 11.5. The third-order valence-electron chi connectivity index (χ3n) is 2.78. The average molecular weight is 283 g/mol. The van der Waals surface area contributed by atoms with Crippen LogP contribution in [-0.4, -0.2) is 30.2 Å². The van der Waals surface area contributed by atoms with Crippen molar-refractivity contribution in [3.8, 4) is 0 Å². The zero-order valence-electron chi connectivity index (χ0n) is 9.96. The minimum atomic E-state index is 0.397. The molecule has 0 aromatic carbocycles. The molecule has 2 heterocycles. The topological polar surface area (TPSA) is 69.4 Å². The van der Waals surface area contributed by atoms with E-state index in [1.54, 1.807) is 0 Å². The summed E-state index contributed by atoms with van der Waals surface area (Å²) in [7, 11) is 0. The Hall–Kier alpha value is -1.21. The fourth-order valence-corrected chi connectivity index (χ4v) is 2.63. The number of hydrogen-bond acceptors (Lipinski definition) is 6. The summed E-state index contributed by atoms with van der Waals surface area (Å²) in [6.07, 6.45) is 2.26. The normalized spacial score (nSPS) is 15.1. The van der Waals surface area contributed by atoms with E-state index in [1.807, 2.05) is 18.5 Å². The SMILES string of the molecule is Cc1nc(Cl)c(Sc2nnnn2C2CC2)nc1C. The molecule has 0 N–H and O–H groups in total. The van der Waals surface area contributed by atoms with E-state index in [-0.39, 0.29) is 0 Å². The van der Waals surface area contributed by atoms with Crippen LogP contribution >= 0.6 is 23.4 Å². The second-order valence-electron chi connectivity index (χ2n) is 4.23. The van der Waals surface area contributed by atoms with E-state index in [0.29, 0.717) is 16.2 Å². The van der Waals surface area contributed by atoms with Crippen molar-refractivity contribution in [3.63, 3.8) is 0 Å². The number of halogens is 1. The molecule has 6 nitrogen and oxygen atoms in total. The van der Waals surface area contributed by atoms with Crippen molar-refractivity contribution in [1.29, 1.82) is 0 Å². The van der Waals surface area contributed by atoms with Gasteiger partial charge in [0, 0.05) is 0 Å². The Balaban J connectivity index is 1.92. The Labute approximate surface area is 113 Å². The molecule has 1 aliphatic rings. The molecule has 18 heavy (non-hydrogen) atoms. The van der Waals surface area contributed by atoms with Crippen molar-refractivity contribution < 1.29 is 0 Å². The van der Waals surface area contributed by atoms with Crippen molar-refractivity contribution in [2.24, 2.45) is 0 Å². The summed E-state index contributed by atoms with van der Waals surface area (Å²) in [5.74, 6) is 0. The van der Waals surface area contributed by atoms with Gasteiger partial charge in [-0.25, -0.2) is 14.6 Å². The van der Waals surface area contributed by atoms with Crippen LogP contribution in [0.4, 0.5) is 0 Å². The molecule has 3 rings (SSSR count). The minimum Gasteiger partial charge on any atom is -0.241 e. The second kappa shape index (κ2) is 4.47. The van der Waals surface area contributed by atoms with Gasteiger partial charge in [-0.3, -0.25) is 0 Å². The largest absolute Gasteiger partial charge is 0.241 e. The summed E-state index contributed by atoms with van der Waals surface area (Å²) in [5.41, 5.74) is 1.71. The molecule has 94 valence electrons. The van der Waals surface area contributed by atoms with Gasteiger partial charge in [-0.2, -0.15) is 0 Å². The van der Waals surface area contributed by atoms with Gasteiger partial charge in [0.15, 0.2) is 5.15 Å². The lowest BCUT2D eigenvalue weighted by Gasteiger charge is -2.05. The standard InChI is InChI=1S/C10H11ClN6S/c1-5-6(2)13-9(8(11)12-5)18-10-14-15-16-17(10)7-3-4-7/h7H,3-4H2,1-2H3. The molecule has 1 fully saturated rings. The van der Waals surface area contributed by atoms with Crippen LogP contribution in [-0.2, 0) is 0 Å². The zero-order chi connectivity index (χ0) is 12.7. The number of hydrogen-bond donors (Lipinski definition) is 0. The molecule has 0 amide bonds. The molecule has 0 spiro atoms. The number of aryl methyl sites for hydroxylation is 2. The maximum absolute atomic E-state index is 6.09. The number of aromatic nitrogens is 6. The lowest BCUT2D eigenvalue weighted by Crippen LogP contribution is -2.00. The highest BCUT2D eigenvalue weighted by Crippen LogP contribution is 2.38. The summed E-state index contributed by atoms with van der Waals surface area (Å²) >= 11 is 7.45. The number of nitrogens with zero attached hydrogens (tertiary/aromatic N) is 6. The number of rotatable bonds is 3. The quantitative estimate of drug-likeness (QED) is 0.860. The first kappa shape index (κ1) is 11.9. The van der Waals surface area contributed by atoms with Crippen LogP contribution in [0.5, 0.6) is 0 Å². The molecule has 0 bridgehead atoms. The van der Waals surface area contributed by atoms with Crippen LogP contribution in [0.15, 0.2) is 10.2 Å². The molecule has 0 saturated heterocycles. The van der Waals surface area contributed by atoms with Gasteiger partial charge in [0.1, 0.15) is 5.03 Å². The van der Waals surface area contributed by atoms with E-state index >= 15 is 0 Å². The molecule has 8 heteroatoms. The van der Waals surface area contributed by atoms with Gasteiger partial charge in [0.25, 0.3) is 0 Å². The van der Waals surface area contributed by atoms with Crippen LogP contribution in [0.25, 0.3) is 0 Å². The van der Waals surface area contributed by atoms with Gasteiger partial charge in [-0.1, -0.05) is 11.6 Å². The van der Waals surface area contributed by atoms with Crippen LogP contribution in [0.3, 0.4) is 0 Å². The number of tetrazole rings is 1. The Morgan fingerprint density at radius 1 is 1.22 bits per heavy atom. The average Bonchev–Trinajstić information content (AvgIpc) is 3.07. The van der Waals surface area contributed by atoms with Crippen molar-refractivity contribution >= 4 is 23.4 Å². The van der Waals surface area contributed by atoms with Gasteiger partial charge in [-0.15, -0.1) is 5.10 Å². The molecule has 2 aromatic heterocycles. The van der Waals surface area contributed by atoms with Crippen LogP contribution in [0, 0.1) is 13.8 Å². The molecule has 1 saturated carbocycles. The molecule has 1 aliphatic carbocycles. The first-order chi connectivity index (χ1) is 8.65. The fraction of sp³-hybridized carbons (Fsp3) is 0.500. The molecule has 0 aliphatic heterocycles. The molecule has 0 radical (unpaired) electrons. The lowest BCUT2D eigenvalue weighted by molar-refractivity contribution is 0.565. The predicted molar refractivity (Wildman–Crippen MR) is 66.7 cm³/mol. The predicted octanol–water partition coefficient (Wildman–Crippen LogP) is 2.22. The van der Waals surface area contributed by atoms with Crippen molar-refractivity contribution in [1.82, 2.24) is 30.2 Å². The maximum Gasteiger partial charge on any atom is 0.215 e. The molecular formula is C10H11ClN6S. The first-order valence-electron chi connectivity index (χ1n) is 5.61. The molecule has 0 unspecified atom stereocenters. The molecule has 2 aromatic rings. The third-order valence-corrected chi connectivity index (χ3v) is 4.08. The van der Waals surface area contributed by atoms with Crippen molar-refractivity contribution in [2.75, 3.05) is 0 Å². The van der Waals surface area contributed by atoms with Gasteiger partial charge in [0.05, 0.1) is 17.4 Å². The van der Waals surface area contributed by atoms with E-state index in [1.165, 1.54) is 11.8 Å². The first-order valence-corrected chi connectivity index (χ1v) is 6.81. The maximum atomic E-state index is 6.09. The van der Waals surface area contributed by atoms with Crippen LogP contribution in [0.2, 0.25) is 5.15 Å². The summed E-state index contributed by atoms with van der Waals surface area (Å²) in [6, 6.07) is 0.431. The second-order valence-corrected chi connectivity index (χ2v) is 5.54. The summed E-state index contributed by atoms with van der Waals surface area (Å²) < 4.78 is 1.83. The highest BCUT2D eigenvalue weighted by molar-refractivity contribution is 7.99. The Morgan fingerprint density at radius 3 is 2.67 bits per heavy atom. The highest BCUT2D eigenvalue weighted by Gasteiger charge is 2.28. The highest BCUT2D eigenvalue weighted by atomic mass is 35.5. The Morgan fingerprint density at radius 2 is 1.94 bits per heavy atom. The van der Waals surface area contributed by atoms with E-state index in [9.17, 15) is 0 Å².